The highest BCUT2D eigenvalue weighted by Gasteiger charge is 2.16. The maximum Gasteiger partial charge on any atom is 0.271 e. The average molecular weight is 246 g/mol. The molecule has 5 heteroatoms. The summed E-state index contributed by atoms with van der Waals surface area (Å²) in [6, 6.07) is 6.24. The standard InChI is InChI=1S/C13H14N2O3/c1-3-13(16)9(2)14-7-6-10-4-5-11(15(17)18)8-12(10)14/h4-9H,3H2,1-2H3. The minimum atomic E-state index is -0.427. The van der Waals surface area contributed by atoms with E-state index in [2.05, 4.69) is 0 Å². The van der Waals surface area contributed by atoms with Crippen LogP contribution in [-0.2, 0) is 4.79 Å². The summed E-state index contributed by atoms with van der Waals surface area (Å²) in [6.45, 7) is 3.62. The van der Waals surface area contributed by atoms with Gasteiger partial charge in [0, 0.05) is 30.1 Å². The number of aromatic nitrogens is 1. The first-order valence-corrected chi connectivity index (χ1v) is 5.82. The lowest BCUT2D eigenvalue weighted by Gasteiger charge is -2.12. The van der Waals surface area contributed by atoms with E-state index in [9.17, 15) is 14.9 Å². The molecule has 0 spiro atoms. The molecule has 0 saturated carbocycles. The molecule has 0 N–H and O–H groups in total. The molecule has 2 aromatic rings. The number of nitrogens with zero attached hydrogens (tertiary/aromatic N) is 2. The molecule has 0 radical (unpaired) electrons. The van der Waals surface area contributed by atoms with Crippen molar-refractivity contribution in [1.82, 2.24) is 4.57 Å². The SMILES string of the molecule is CCC(=O)C(C)n1ccc2ccc([N+](=O)[O-])cc21. The second-order valence-electron chi connectivity index (χ2n) is 4.22. The Morgan fingerprint density at radius 1 is 1.44 bits per heavy atom. The number of non-ortho nitro benzene ring substituents is 1. The van der Waals surface area contributed by atoms with Gasteiger partial charge in [-0.3, -0.25) is 14.9 Å². The van der Waals surface area contributed by atoms with E-state index in [1.807, 2.05) is 19.9 Å². The van der Waals surface area contributed by atoms with Crippen molar-refractivity contribution in [2.75, 3.05) is 0 Å². The maximum absolute atomic E-state index is 11.7. The van der Waals surface area contributed by atoms with Crippen molar-refractivity contribution in [2.45, 2.75) is 26.3 Å². The van der Waals surface area contributed by atoms with Crippen LogP contribution in [0.4, 0.5) is 5.69 Å². The number of ketones is 1. The van der Waals surface area contributed by atoms with Crippen LogP contribution in [0.1, 0.15) is 26.3 Å². The molecule has 94 valence electrons. The molecule has 0 bridgehead atoms. The van der Waals surface area contributed by atoms with Gasteiger partial charge >= 0.3 is 0 Å². The van der Waals surface area contributed by atoms with Gasteiger partial charge in [-0.15, -0.1) is 0 Å². The lowest BCUT2D eigenvalue weighted by molar-refractivity contribution is -0.384. The third-order valence-corrected chi connectivity index (χ3v) is 3.15. The van der Waals surface area contributed by atoms with Crippen molar-refractivity contribution in [3.8, 4) is 0 Å². The van der Waals surface area contributed by atoms with Crippen LogP contribution >= 0.6 is 0 Å². The van der Waals surface area contributed by atoms with Crippen LogP contribution in [0.3, 0.4) is 0 Å². The van der Waals surface area contributed by atoms with Crippen LogP contribution in [0.5, 0.6) is 0 Å². The van der Waals surface area contributed by atoms with Crippen LogP contribution in [0, 0.1) is 10.1 Å². The summed E-state index contributed by atoms with van der Waals surface area (Å²) in [5, 5.41) is 11.7. The Bertz CT molecular complexity index is 616. The molecular formula is C13H14N2O3. The van der Waals surface area contributed by atoms with Crippen molar-refractivity contribution in [3.63, 3.8) is 0 Å². The highest BCUT2D eigenvalue weighted by molar-refractivity contribution is 5.87. The van der Waals surface area contributed by atoms with Crippen LogP contribution in [0.15, 0.2) is 30.5 Å². The molecule has 0 saturated heterocycles. The Hall–Kier alpha value is -2.17. The summed E-state index contributed by atoms with van der Waals surface area (Å²) in [5.41, 5.74) is 0.761. The predicted molar refractivity (Wildman–Crippen MR) is 68.6 cm³/mol. The van der Waals surface area contributed by atoms with Gasteiger partial charge in [0.25, 0.3) is 5.69 Å². The number of carbonyl (C=O) groups is 1. The normalized spacial score (nSPS) is 12.6. The summed E-state index contributed by atoms with van der Waals surface area (Å²) in [6.07, 6.45) is 2.25. The molecule has 18 heavy (non-hydrogen) atoms. The Morgan fingerprint density at radius 2 is 2.17 bits per heavy atom. The molecule has 2 rings (SSSR count). The fourth-order valence-electron chi connectivity index (χ4n) is 2.04. The monoisotopic (exact) mass is 246 g/mol. The zero-order valence-electron chi connectivity index (χ0n) is 10.3. The lowest BCUT2D eigenvalue weighted by Crippen LogP contribution is -2.14. The van der Waals surface area contributed by atoms with E-state index in [1.54, 1.807) is 16.8 Å². The molecule has 1 unspecified atom stereocenters. The van der Waals surface area contributed by atoms with Gasteiger partial charge in [0.15, 0.2) is 5.78 Å². The van der Waals surface area contributed by atoms with Gasteiger partial charge in [-0.1, -0.05) is 6.92 Å². The molecule has 5 nitrogen and oxygen atoms in total. The molecule has 0 aliphatic carbocycles. The largest absolute Gasteiger partial charge is 0.337 e. The quantitative estimate of drug-likeness (QED) is 0.615. The first kappa shape index (κ1) is 12.3. The molecular weight excluding hydrogens is 232 g/mol. The van der Waals surface area contributed by atoms with Crippen LogP contribution < -0.4 is 0 Å². The van der Waals surface area contributed by atoms with E-state index >= 15 is 0 Å². The second kappa shape index (κ2) is 4.60. The molecule has 1 atom stereocenters. The Morgan fingerprint density at radius 3 is 2.78 bits per heavy atom. The van der Waals surface area contributed by atoms with Crippen molar-refractivity contribution in [1.29, 1.82) is 0 Å². The number of nitro groups is 1. The van der Waals surface area contributed by atoms with Crippen LogP contribution in [0.2, 0.25) is 0 Å². The maximum atomic E-state index is 11.7. The van der Waals surface area contributed by atoms with Gasteiger partial charge in [-0.2, -0.15) is 0 Å². The summed E-state index contributed by atoms with van der Waals surface area (Å²) in [7, 11) is 0. The highest BCUT2D eigenvalue weighted by Crippen LogP contribution is 2.25. The molecule has 0 aliphatic heterocycles. The van der Waals surface area contributed by atoms with Gasteiger partial charge in [-0.05, 0) is 19.1 Å². The van der Waals surface area contributed by atoms with Crippen LogP contribution in [0.25, 0.3) is 10.9 Å². The number of rotatable bonds is 4. The number of hydrogen-bond donors (Lipinski definition) is 0. The first-order valence-electron chi connectivity index (χ1n) is 5.82. The zero-order chi connectivity index (χ0) is 13.3. The summed E-state index contributed by atoms with van der Waals surface area (Å²) in [5.74, 6) is 0.110. The summed E-state index contributed by atoms with van der Waals surface area (Å²) < 4.78 is 1.79. The molecule has 1 heterocycles. The Balaban J connectivity index is 2.55. The third-order valence-electron chi connectivity index (χ3n) is 3.15. The van der Waals surface area contributed by atoms with E-state index in [4.69, 9.17) is 0 Å². The summed E-state index contributed by atoms with van der Waals surface area (Å²) >= 11 is 0. The Labute approximate surface area is 104 Å². The van der Waals surface area contributed by atoms with Crippen molar-refractivity contribution < 1.29 is 9.72 Å². The number of carbonyl (C=O) groups excluding carboxylic acids is 1. The third kappa shape index (κ3) is 1.99. The van der Waals surface area contributed by atoms with Gasteiger partial charge < -0.3 is 4.57 Å². The van der Waals surface area contributed by atoms with Crippen molar-refractivity contribution in [3.05, 3.63) is 40.6 Å². The molecule has 1 aromatic carbocycles. The number of nitro benzene ring substituents is 1. The van der Waals surface area contributed by atoms with E-state index in [0.717, 1.165) is 10.9 Å². The predicted octanol–water partition coefficient (Wildman–Crippen LogP) is 3.09. The number of Topliss-reactive ketones (excluding diaryl/α,β-unsaturated/α-hetero) is 1. The molecule has 1 aromatic heterocycles. The van der Waals surface area contributed by atoms with Crippen molar-refractivity contribution in [2.24, 2.45) is 0 Å². The van der Waals surface area contributed by atoms with Gasteiger partial charge in [0.05, 0.1) is 16.5 Å². The number of fused-ring (bicyclic) bond motifs is 1. The zero-order valence-corrected chi connectivity index (χ0v) is 10.3. The average Bonchev–Trinajstić information content (AvgIpc) is 2.79. The van der Waals surface area contributed by atoms with Gasteiger partial charge in [0.1, 0.15) is 0 Å². The lowest BCUT2D eigenvalue weighted by atomic mass is 10.1. The second-order valence-corrected chi connectivity index (χ2v) is 4.22. The van der Waals surface area contributed by atoms with Crippen molar-refractivity contribution >= 4 is 22.4 Å². The molecule has 0 fully saturated rings. The van der Waals surface area contributed by atoms with E-state index in [1.165, 1.54) is 12.1 Å². The first-order chi connectivity index (χ1) is 8.54. The molecule has 0 amide bonds. The number of hydrogen-bond acceptors (Lipinski definition) is 3. The Kier molecular flexibility index (Phi) is 3.14. The molecule has 0 aliphatic rings. The number of benzene rings is 1. The van der Waals surface area contributed by atoms with E-state index in [-0.39, 0.29) is 17.5 Å². The minimum Gasteiger partial charge on any atom is -0.337 e. The fourth-order valence-corrected chi connectivity index (χ4v) is 2.04. The van der Waals surface area contributed by atoms with Crippen LogP contribution in [-0.4, -0.2) is 15.3 Å². The highest BCUT2D eigenvalue weighted by atomic mass is 16.6. The summed E-state index contributed by atoms with van der Waals surface area (Å²) in [4.78, 5) is 22.1. The fraction of sp³-hybridized carbons (Fsp3) is 0.308. The van der Waals surface area contributed by atoms with Gasteiger partial charge in [-0.25, -0.2) is 0 Å². The van der Waals surface area contributed by atoms with E-state index in [0.29, 0.717) is 6.42 Å². The van der Waals surface area contributed by atoms with E-state index < -0.39 is 4.92 Å². The smallest absolute Gasteiger partial charge is 0.271 e. The van der Waals surface area contributed by atoms with Gasteiger partial charge in [0.2, 0.25) is 0 Å². The minimum absolute atomic E-state index is 0.0404. The topological polar surface area (TPSA) is 65.1 Å².